The minimum Gasteiger partial charge on any atom is -0.494 e. The van der Waals surface area contributed by atoms with Crippen LogP contribution in [0.15, 0.2) is 12.1 Å². The SMILES string of the molecule is COc1c(C)cc(Cl)cc1NC(=O)C1CSCN1. The Morgan fingerprint density at radius 1 is 1.61 bits per heavy atom. The van der Waals surface area contributed by atoms with Crippen LogP contribution in [-0.4, -0.2) is 30.7 Å². The molecular weight excluding hydrogens is 272 g/mol. The summed E-state index contributed by atoms with van der Waals surface area (Å²) in [6, 6.07) is 3.35. The van der Waals surface area contributed by atoms with Gasteiger partial charge in [-0.15, -0.1) is 11.8 Å². The number of benzene rings is 1. The molecule has 1 heterocycles. The molecule has 6 heteroatoms. The second kappa shape index (κ2) is 5.82. The second-order valence-electron chi connectivity index (χ2n) is 4.06. The van der Waals surface area contributed by atoms with Crippen LogP contribution in [0.25, 0.3) is 0 Å². The van der Waals surface area contributed by atoms with Crippen LogP contribution in [0.2, 0.25) is 5.02 Å². The third-order valence-electron chi connectivity index (χ3n) is 2.73. The highest BCUT2D eigenvalue weighted by Crippen LogP contribution is 2.32. The lowest BCUT2D eigenvalue weighted by Gasteiger charge is -2.15. The molecule has 2 rings (SSSR count). The van der Waals surface area contributed by atoms with E-state index in [1.807, 2.05) is 6.92 Å². The van der Waals surface area contributed by atoms with Crippen molar-refractivity contribution in [3.63, 3.8) is 0 Å². The largest absolute Gasteiger partial charge is 0.494 e. The molecule has 0 saturated carbocycles. The van der Waals surface area contributed by atoms with Crippen molar-refractivity contribution in [2.24, 2.45) is 0 Å². The summed E-state index contributed by atoms with van der Waals surface area (Å²) in [5.41, 5.74) is 1.51. The third-order valence-corrected chi connectivity index (χ3v) is 3.89. The minimum atomic E-state index is -0.154. The fourth-order valence-corrected chi connectivity index (χ4v) is 3.09. The van der Waals surface area contributed by atoms with Crippen LogP contribution in [0.4, 0.5) is 5.69 Å². The van der Waals surface area contributed by atoms with Gasteiger partial charge in [0.25, 0.3) is 0 Å². The lowest BCUT2D eigenvalue weighted by molar-refractivity contribution is -0.117. The van der Waals surface area contributed by atoms with E-state index in [1.165, 1.54) is 0 Å². The summed E-state index contributed by atoms with van der Waals surface area (Å²) < 4.78 is 5.30. The molecule has 1 amide bonds. The Morgan fingerprint density at radius 2 is 2.39 bits per heavy atom. The second-order valence-corrected chi connectivity index (χ2v) is 5.53. The Morgan fingerprint density at radius 3 is 3.00 bits per heavy atom. The van der Waals surface area contributed by atoms with Gasteiger partial charge < -0.3 is 10.1 Å². The monoisotopic (exact) mass is 286 g/mol. The molecule has 4 nitrogen and oxygen atoms in total. The number of anilines is 1. The summed E-state index contributed by atoms with van der Waals surface area (Å²) in [5.74, 6) is 2.19. The molecule has 1 aliphatic heterocycles. The summed E-state index contributed by atoms with van der Waals surface area (Å²) in [6.45, 7) is 1.89. The van der Waals surface area contributed by atoms with Crippen LogP contribution in [0.1, 0.15) is 5.56 Å². The Kier molecular flexibility index (Phi) is 4.37. The zero-order valence-corrected chi connectivity index (χ0v) is 11.8. The van der Waals surface area contributed by atoms with Gasteiger partial charge in [-0.2, -0.15) is 0 Å². The number of ether oxygens (including phenoxy) is 1. The van der Waals surface area contributed by atoms with Crippen molar-refractivity contribution in [2.75, 3.05) is 24.1 Å². The van der Waals surface area contributed by atoms with Gasteiger partial charge in [-0.25, -0.2) is 0 Å². The van der Waals surface area contributed by atoms with Crippen molar-refractivity contribution in [3.05, 3.63) is 22.7 Å². The van der Waals surface area contributed by atoms with E-state index in [2.05, 4.69) is 10.6 Å². The number of thioether (sulfide) groups is 1. The molecule has 1 saturated heterocycles. The van der Waals surface area contributed by atoms with Crippen LogP contribution in [0.5, 0.6) is 5.75 Å². The predicted octanol–water partition coefficient (Wildman–Crippen LogP) is 2.26. The van der Waals surface area contributed by atoms with Gasteiger partial charge in [0.1, 0.15) is 5.75 Å². The molecule has 98 valence electrons. The highest BCUT2D eigenvalue weighted by molar-refractivity contribution is 7.99. The predicted molar refractivity (Wildman–Crippen MR) is 75.6 cm³/mol. The summed E-state index contributed by atoms with van der Waals surface area (Å²) in [6.07, 6.45) is 0. The molecule has 0 aromatic heterocycles. The summed E-state index contributed by atoms with van der Waals surface area (Å²) in [7, 11) is 1.58. The van der Waals surface area contributed by atoms with Crippen LogP contribution in [0.3, 0.4) is 0 Å². The molecule has 0 aliphatic carbocycles. The Balaban J connectivity index is 2.19. The van der Waals surface area contributed by atoms with Crippen LogP contribution in [0, 0.1) is 6.92 Å². The molecule has 1 aliphatic rings. The van der Waals surface area contributed by atoms with E-state index in [1.54, 1.807) is 31.0 Å². The van der Waals surface area contributed by atoms with Gasteiger partial charge in [-0.1, -0.05) is 11.6 Å². The van der Waals surface area contributed by atoms with Crippen molar-refractivity contribution in [3.8, 4) is 5.75 Å². The molecule has 0 bridgehead atoms. The first kappa shape index (κ1) is 13.5. The van der Waals surface area contributed by atoms with Gasteiger partial charge in [-0.05, 0) is 24.6 Å². The Bertz CT molecular complexity index is 462. The number of amides is 1. The van der Waals surface area contributed by atoms with Crippen molar-refractivity contribution >= 4 is 35.0 Å². The first-order valence-electron chi connectivity index (χ1n) is 5.58. The van der Waals surface area contributed by atoms with Gasteiger partial charge in [0.05, 0.1) is 18.8 Å². The van der Waals surface area contributed by atoms with Gasteiger partial charge in [-0.3, -0.25) is 10.1 Å². The van der Waals surface area contributed by atoms with Crippen molar-refractivity contribution in [1.29, 1.82) is 0 Å². The fraction of sp³-hybridized carbons (Fsp3) is 0.417. The van der Waals surface area contributed by atoms with E-state index in [0.29, 0.717) is 16.5 Å². The van der Waals surface area contributed by atoms with Gasteiger partial charge in [0.15, 0.2) is 0 Å². The van der Waals surface area contributed by atoms with Gasteiger partial charge in [0, 0.05) is 16.7 Å². The molecule has 1 unspecified atom stereocenters. The van der Waals surface area contributed by atoms with Gasteiger partial charge >= 0.3 is 0 Å². The molecule has 1 fully saturated rings. The van der Waals surface area contributed by atoms with E-state index in [9.17, 15) is 4.79 Å². The summed E-state index contributed by atoms with van der Waals surface area (Å²) >= 11 is 7.70. The molecule has 0 radical (unpaired) electrons. The molecule has 1 atom stereocenters. The molecule has 0 spiro atoms. The maximum Gasteiger partial charge on any atom is 0.242 e. The fourth-order valence-electron chi connectivity index (χ4n) is 1.88. The first-order valence-corrected chi connectivity index (χ1v) is 7.11. The number of hydrogen-bond acceptors (Lipinski definition) is 4. The minimum absolute atomic E-state index is 0.0556. The normalized spacial score (nSPS) is 18.7. The standard InChI is InChI=1S/C12H15ClN2O2S/c1-7-3-8(13)4-9(11(7)17-2)15-12(16)10-5-18-6-14-10/h3-4,10,14H,5-6H2,1-2H3,(H,15,16). The third kappa shape index (κ3) is 2.91. The summed E-state index contributed by atoms with van der Waals surface area (Å²) in [4.78, 5) is 12.0. The van der Waals surface area contributed by atoms with E-state index < -0.39 is 0 Å². The van der Waals surface area contributed by atoms with Crippen LogP contribution >= 0.6 is 23.4 Å². The van der Waals surface area contributed by atoms with E-state index in [-0.39, 0.29) is 11.9 Å². The van der Waals surface area contributed by atoms with E-state index >= 15 is 0 Å². The topological polar surface area (TPSA) is 50.4 Å². The zero-order valence-electron chi connectivity index (χ0n) is 10.2. The number of aryl methyl sites for hydroxylation is 1. The van der Waals surface area contributed by atoms with Crippen molar-refractivity contribution in [1.82, 2.24) is 5.32 Å². The number of methoxy groups -OCH3 is 1. The van der Waals surface area contributed by atoms with Crippen molar-refractivity contribution in [2.45, 2.75) is 13.0 Å². The number of rotatable bonds is 3. The number of carbonyl (C=O) groups excluding carboxylic acids is 1. The number of hydrogen-bond donors (Lipinski definition) is 2. The van der Waals surface area contributed by atoms with E-state index in [0.717, 1.165) is 17.2 Å². The number of carbonyl (C=O) groups is 1. The highest BCUT2D eigenvalue weighted by atomic mass is 35.5. The number of halogens is 1. The quantitative estimate of drug-likeness (QED) is 0.895. The molecule has 1 aromatic carbocycles. The van der Waals surface area contributed by atoms with Crippen LogP contribution in [-0.2, 0) is 4.79 Å². The first-order chi connectivity index (χ1) is 8.61. The average Bonchev–Trinajstić information content (AvgIpc) is 2.81. The Labute approximate surface area is 115 Å². The maximum absolute atomic E-state index is 12.0. The maximum atomic E-state index is 12.0. The smallest absolute Gasteiger partial charge is 0.242 e. The lowest BCUT2D eigenvalue weighted by atomic mass is 10.2. The molecular formula is C12H15ClN2O2S. The molecule has 1 aromatic rings. The summed E-state index contributed by atoms with van der Waals surface area (Å²) in [5, 5.41) is 6.56. The average molecular weight is 287 g/mol. The van der Waals surface area contributed by atoms with Crippen molar-refractivity contribution < 1.29 is 9.53 Å². The highest BCUT2D eigenvalue weighted by Gasteiger charge is 2.23. The van der Waals surface area contributed by atoms with Gasteiger partial charge in [0.2, 0.25) is 5.91 Å². The molecule has 18 heavy (non-hydrogen) atoms. The number of nitrogens with one attached hydrogen (secondary N) is 2. The molecule has 2 N–H and O–H groups in total. The lowest BCUT2D eigenvalue weighted by Crippen LogP contribution is -2.37. The van der Waals surface area contributed by atoms with Crippen LogP contribution < -0.4 is 15.4 Å². The zero-order chi connectivity index (χ0) is 13.1. The Hall–Kier alpha value is -0.910. The van der Waals surface area contributed by atoms with E-state index in [4.69, 9.17) is 16.3 Å².